The third kappa shape index (κ3) is 3.11. The molecule has 0 spiro atoms. The van der Waals surface area contributed by atoms with Gasteiger partial charge in [0.1, 0.15) is 0 Å². The molecule has 1 heterocycles. The van der Waals surface area contributed by atoms with Gasteiger partial charge in [-0.1, -0.05) is 23.7 Å². The molecule has 3 aromatic rings. The van der Waals surface area contributed by atoms with Crippen molar-refractivity contribution in [2.24, 2.45) is 0 Å². The predicted octanol–water partition coefficient (Wildman–Crippen LogP) is 3.53. The molecule has 1 unspecified atom stereocenters. The van der Waals surface area contributed by atoms with Crippen LogP contribution in [0, 0.1) is 13.8 Å². The second kappa shape index (κ2) is 7.40. The molecule has 1 aromatic heterocycles. The minimum Gasteiger partial charge on any atom is -0.493 e. The maximum absolute atomic E-state index is 13.0. The van der Waals surface area contributed by atoms with Crippen LogP contribution in [0.2, 0.25) is 5.02 Å². The smallest absolute Gasteiger partial charge is 0.349 e. The maximum Gasteiger partial charge on any atom is 0.349 e. The Morgan fingerprint density at radius 2 is 1.79 bits per heavy atom. The molecule has 0 aliphatic heterocycles. The summed E-state index contributed by atoms with van der Waals surface area (Å²) < 4.78 is 12.1. The molecule has 7 nitrogen and oxygen atoms in total. The number of carboxylic acids is 1. The summed E-state index contributed by atoms with van der Waals surface area (Å²) in [7, 11) is 3.00. The monoisotopic (exact) mass is 416 g/mol. The third-order valence-electron chi connectivity index (χ3n) is 5.21. The van der Waals surface area contributed by atoms with Crippen molar-refractivity contribution in [2.75, 3.05) is 14.2 Å². The van der Waals surface area contributed by atoms with Crippen LogP contribution < -0.4 is 15.2 Å². The van der Waals surface area contributed by atoms with Gasteiger partial charge in [0.25, 0.3) is 0 Å². The number of benzene rings is 2. The van der Waals surface area contributed by atoms with Crippen molar-refractivity contribution < 1.29 is 19.4 Å². The molecule has 0 fully saturated rings. The summed E-state index contributed by atoms with van der Waals surface area (Å²) in [5.41, 5.74) is -0.463. The molecule has 0 amide bonds. The number of halogens is 1. The largest absolute Gasteiger partial charge is 0.493 e. The Morgan fingerprint density at radius 1 is 1.17 bits per heavy atom. The van der Waals surface area contributed by atoms with E-state index >= 15 is 0 Å². The van der Waals surface area contributed by atoms with Gasteiger partial charge in [0, 0.05) is 22.0 Å². The quantitative estimate of drug-likeness (QED) is 0.684. The summed E-state index contributed by atoms with van der Waals surface area (Å²) in [6, 6.07) is 7.95. The Labute approximate surface area is 172 Å². The number of methoxy groups -OCH3 is 2. The van der Waals surface area contributed by atoms with Crippen LogP contribution in [0.15, 0.2) is 35.1 Å². The van der Waals surface area contributed by atoms with Crippen LogP contribution in [0.4, 0.5) is 0 Å². The summed E-state index contributed by atoms with van der Waals surface area (Å²) in [6.07, 6.45) is 0. The van der Waals surface area contributed by atoms with Crippen LogP contribution in [0.5, 0.6) is 11.5 Å². The van der Waals surface area contributed by atoms with Crippen LogP contribution in [-0.4, -0.2) is 34.8 Å². The van der Waals surface area contributed by atoms with Crippen LogP contribution in [0.25, 0.3) is 10.9 Å². The molecule has 1 atom stereocenters. The standard InChI is InChI=1S/C21H21ClN2O5/c1-11-17-12(2)23-20(27)24(15(17)10-16(28-4)18(11)29-5)21(3,19(25)26)13-6-8-14(22)9-7-13/h6-10H,1-5H3,(H,25,26). The molecule has 2 aromatic carbocycles. The number of nitrogens with zero attached hydrogens (tertiary/aromatic N) is 2. The predicted molar refractivity (Wildman–Crippen MR) is 110 cm³/mol. The molecule has 0 radical (unpaired) electrons. The average Bonchev–Trinajstić information content (AvgIpc) is 2.67. The molecule has 0 aliphatic rings. The molecule has 0 aliphatic carbocycles. The lowest BCUT2D eigenvalue weighted by molar-refractivity contribution is -0.144. The maximum atomic E-state index is 13.0. The first kappa shape index (κ1) is 20.7. The zero-order valence-corrected chi connectivity index (χ0v) is 17.5. The zero-order chi connectivity index (χ0) is 21.5. The number of fused-ring (bicyclic) bond motifs is 1. The number of aromatic nitrogens is 2. The number of hydrogen-bond acceptors (Lipinski definition) is 5. The fourth-order valence-corrected chi connectivity index (χ4v) is 3.82. The number of hydrogen-bond donors (Lipinski definition) is 1. The van der Waals surface area contributed by atoms with Crippen LogP contribution >= 0.6 is 11.6 Å². The second-order valence-electron chi connectivity index (χ2n) is 6.83. The van der Waals surface area contributed by atoms with E-state index in [9.17, 15) is 14.7 Å². The first-order valence-electron chi connectivity index (χ1n) is 8.81. The van der Waals surface area contributed by atoms with Gasteiger partial charge in [0.05, 0.1) is 25.4 Å². The molecule has 29 heavy (non-hydrogen) atoms. The lowest BCUT2D eigenvalue weighted by Gasteiger charge is -2.30. The van der Waals surface area contributed by atoms with Gasteiger partial charge in [0.2, 0.25) is 0 Å². The van der Waals surface area contributed by atoms with E-state index in [1.165, 1.54) is 25.7 Å². The summed E-state index contributed by atoms with van der Waals surface area (Å²) >= 11 is 5.97. The highest BCUT2D eigenvalue weighted by Crippen LogP contribution is 2.39. The highest BCUT2D eigenvalue weighted by molar-refractivity contribution is 6.30. The molecule has 152 valence electrons. The van der Waals surface area contributed by atoms with E-state index in [1.807, 2.05) is 6.92 Å². The average molecular weight is 417 g/mol. The molecule has 8 heteroatoms. The van der Waals surface area contributed by atoms with Crippen molar-refractivity contribution in [1.29, 1.82) is 0 Å². The van der Waals surface area contributed by atoms with E-state index in [0.29, 0.717) is 44.2 Å². The molecular formula is C21H21ClN2O5. The molecule has 3 rings (SSSR count). The van der Waals surface area contributed by atoms with Crippen molar-refractivity contribution in [3.05, 3.63) is 62.7 Å². The number of carboxylic acid groups (broad SMARTS) is 1. The van der Waals surface area contributed by atoms with Crippen molar-refractivity contribution in [1.82, 2.24) is 9.55 Å². The Balaban J connectivity index is 2.53. The Hall–Kier alpha value is -3.06. The van der Waals surface area contributed by atoms with E-state index in [1.54, 1.807) is 37.3 Å². The van der Waals surface area contributed by atoms with Crippen molar-refractivity contribution in [2.45, 2.75) is 26.3 Å². The van der Waals surface area contributed by atoms with E-state index in [4.69, 9.17) is 21.1 Å². The van der Waals surface area contributed by atoms with Crippen LogP contribution in [-0.2, 0) is 10.3 Å². The molecule has 0 saturated heterocycles. The number of carbonyl (C=O) groups is 1. The van der Waals surface area contributed by atoms with E-state index in [-0.39, 0.29) is 0 Å². The number of aliphatic carboxylic acids is 1. The highest BCUT2D eigenvalue weighted by Gasteiger charge is 2.40. The SMILES string of the molecule is COc1cc2c(c(C)nc(=O)n2C(C)(C(=O)O)c2ccc(Cl)cc2)c(C)c1OC. The Morgan fingerprint density at radius 3 is 2.31 bits per heavy atom. The number of aryl methyl sites for hydroxylation is 2. The first-order chi connectivity index (χ1) is 13.7. The number of rotatable bonds is 5. The highest BCUT2D eigenvalue weighted by atomic mass is 35.5. The summed E-state index contributed by atoms with van der Waals surface area (Å²) in [5.74, 6) is -0.319. The van der Waals surface area contributed by atoms with E-state index in [2.05, 4.69) is 4.98 Å². The Bertz CT molecular complexity index is 1170. The van der Waals surface area contributed by atoms with Crippen LogP contribution in [0.1, 0.15) is 23.7 Å². The minimum atomic E-state index is -1.73. The topological polar surface area (TPSA) is 90.7 Å². The lowest BCUT2D eigenvalue weighted by Crippen LogP contribution is -2.47. The van der Waals surface area contributed by atoms with Gasteiger partial charge in [-0.2, -0.15) is 4.98 Å². The van der Waals surface area contributed by atoms with Gasteiger partial charge >= 0.3 is 11.7 Å². The normalized spacial score (nSPS) is 13.2. The minimum absolute atomic E-state index is 0.385. The van der Waals surface area contributed by atoms with Crippen molar-refractivity contribution >= 4 is 28.5 Å². The van der Waals surface area contributed by atoms with Gasteiger partial charge < -0.3 is 14.6 Å². The van der Waals surface area contributed by atoms with Gasteiger partial charge in [-0.05, 0) is 38.5 Å². The molecule has 1 N–H and O–H groups in total. The van der Waals surface area contributed by atoms with Gasteiger partial charge in [-0.15, -0.1) is 0 Å². The number of ether oxygens (including phenoxy) is 2. The van der Waals surface area contributed by atoms with Gasteiger partial charge in [-0.3, -0.25) is 4.57 Å². The van der Waals surface area contributed by atoms with Gasteiger partial charge in [0.15, 0.2) is 17.0 Å². The van der Waals surface area contributed by atoms with E-state index < -0.39 is 17.2 Å². The van der Waals surface area contributed by atoms with Crippen molar-refractivity contribution in [3.8, 4) is 11.5 Å². The molecule has 0 saturated carbocycles. The zero-order valence-electron chi connectivity index (χ0n) is 16.7. The fourth-order valence-electron chi connectivity index (χ4n) is 3.70. The first-order valence-corrected chi connectivity index (χ1v) is 9.19. The summed E-state index contributed by atoms with van der Waals surface area (Å²) in [6.45, 7) is 4.98. The lowest BCUT2D eigenvalue weighted by atomic mass is 9.90. The third-order valence-corrected chi connectivity index (χ3v) is 5.47. The summed E-state index contributed by atoms with van der Waals surface area (Å²) in [4.78, 5) is 29.6. The van der Waals surface area contributed by atoms with Crippen molar-refractivity contribution in [3.63, 3.8) is 0 Å². The van der Waals surface area contributed by atoms with Crippen LogP contribution in [0.3, 0.4) is 0 Å². The van der Waals surface area contributed by atoms with Gasteiger partial charge in [-0.25, -0.2) is 9.59 Å². The molecular weight excluding hydrogens is 396 g/mol. The second-order valence-corrected chi connectivity index (χ2v) is 7.27. The van der Waals surface area contributed by atoms with E-state index in [0.717, 1.165) is 0 Å². The molecule has 0 bridgehead atoms. The Kier molecular flexibility index (Phi) is 5.28. The summed E-state index contributed by atoms with van der Waals surface area (Å²) in [5, 5.41) is 11.3. The fraction of sp³-hybridized carbons (Fsp3) is 0.286.